The zero-order chi connectivity index (χ0) is 12.3. The maximum atomic E-state index is 11.1. The fourth-order valence-corrected chi connectivity index (χ4v) is 3.23. The van der Waals surface area contributed by atoms with Crippen LogP contribution in [0.25, 0.3) is 0 Å². The van der Waals surface area contributed by atoms with Crippen molar-refractivity contribution in [1.82, 2.24) is 0 Å². The molecule has 2 rings (SSSR count). The van der Waals surface area contributed by atoms with E-state index in [4.69, 9.17) is 5.73 Å². The smallest absolute Gasteiger partial charge is 0.248 e. The molecule has 4 heteroatoms. The molecule has 0 saturated carbocycles. The highest BCUT2D eigenvalue weighted by atomic mass is 32.2. The van der Waals surface area contributed by atoms with E-state index in [-0.39, 0.29) is 5.91 Å². The molecular weight excluding hydrogens is 232 g/mol. The number of carbonyl (C=O) groups is 1. The largest absolute Gasteiger partial charge is 0.381 e. The Morgan fingerprint density at radius 2 is 2.35 bits per heavy atom. The zero-order valence-electron chi connectivity index (χ0n) is 9.98. The van der Waals surface area contributed by atoms with Crippen molar-refractivity contribution in [3.8, 4) is 0 Å². The summed E-state index contributed by atoms with van der Waals surface area (Å²) in [5.41, 5.74) is 6.82. The summed E-state index contributed by atoms with van der Waals surface area (Å²) in [5.74, 6) is 0.875. The van der Waals surface area contributed by atoms with Crippen molar-refractivity contribution in [2.45, 2.75) is 31.1 Å². The molecule has 3 N–H and O–H groups in total. The van der Waals surface area contributed by atoms with Crippen molar-refractivity contribution in [3.05, 3.63) is 29.8 Å². The van der Waals surface area contributed by atoms with E-state index in [2.05, 4.69) is 12.2 Å². The Morgan fingerprint density at radius 1 is 1.53 bits per heavy atom. The highest BCUT2D eigenvalue weighted by Gasteiger charge is 2.21. The van der Waals surface area contributed by atoms with Crippen LogP contribution in [0.3, 0.4) is 0 Å². The summed E-state index contributed by atoms with van der Waals surface area (Å²) in [4.78, 5) is 11.1. The van der Waals surface area contributed by atoms with Gasteiger partial charge in [0.25, 0.3) is 0 Å². The van der Waals surface area contributed by atoms with Crippen LogP contribution in [0.5, 0.6) is 0 Å². The number of nitrogens with two attached hydrogens (primary N) is 1. The molecule has 1 aromatic rings. The number of nitrogens with one attached hydrogen (secondary N) is 1. The van der Waals surface area contributed by atoms with E-state index >= 15 is 0 Å². The minimum Gasteiger partial charge on any atom is -0.381 e. The Morgan fingerprint density at radius 3 is 3.06 bits per heavy atom. The van der Waals surface area contributed by atoms with Gasteiger partial charge in [-0.25, -0.2) is 0 Å². The molecule has 1 heterocycles. The Kier molecular flexibility index (Phi) is 3.94. The molecule has 1 fully saturated rings. The Hall–Kier alpha value is -1.16. The molecule has 0 spiro atoms. The molecule has 2 unspecified atom stereocenters. The molecule has 17 heavy (non-hydrogen) atoms. The van der Waals surface area contributed by atoms with Crippen LogP contribution in [0.4, 0.5) is 5.69 Å². The average Bonchev–Trinajstić information content (AvgIpc) is 2.32. The van der Waals surface area contributed by atoms with Gasteiger partial charge in [-0.15, -0.1) is 0 Å². The van der Waals surface area contributed by atoms with Gasteiger partial charge in [-0.05, 0) is 36.8 Å². The van der Waals surface area contributed by atoms with Crippen LogP contribution in [-0.4, -0.2) is 23.0 Å². The quantitative estimate of drug-likeness (QED) is 0.866. The molecule has 1 aliphatic rings. The maximum absolute atomic E-state index is 11.1. The summed E-state index contributed by atoms with van der Waals surface area (Å²) in [6, 6.07) is 7.90. The van der Waals surface area contributed by atoms with Gasteiger partial charge in [-0.3, -0.25) is 4.79 Å². The average molecular weight is 250 g/mol. The summed E-state index contributed by atoms with van der Waals surface area (Å²) in [5, 5.41) is 4.11. The summed E-state index contributed by atoms with van der Waals surface area (Å²) < 4.78 is 0. The van der Waals surface area contributed by atoms with Gasteiger partial charge in [0, 0.05) is 22.5 Å². The predicted molar refractivity (Wildman–Crippen MR) is 73.5 cm³/mol. The summed E-state index contributed by atoms with van der Waals surface area (Å²) in [6.45, 7) is 2.25. The lowest BCUT2D eigenvalue weighted by Gasteiger charge is -2.30. The Labute approximate surface area is 106 Å². The molecule has 92 valence electrons. The number of primary amides is 1. The number of hydrogen-bond donors (Lipinski definition) is 2. The minimum absolute atomic E-state index is 0.375. The van der Waals surface area contributed by atoms with Crippen molar-refractivity contribution in [2.24, 2.45) is 5.73 Å². The van der Waals surface area contributed by atoms with Crippen LogP contribution in [0, 0.1) is 0 Å². The first-order chi connectivity index (χ1) is 8.16. The van der Waals surface area contributed by atoms with Crippen LogP contribution in [0.1, 0.15) is 30.1 Å². The van der Waals surface area contributed by atoms with Gasteiger partial charge in [0.2, 0.25) is 5.91 Å². The second kappa shape index (κ2) is 5.45. The molecule has 2 atom stereocenters. The highest BCUT2D eigenvalue weighted by Crippen LogP contribution is 2.27. The standard InChI is InChI=1S/C13H18N2OS/c1-9-12(6-3-7-17-9)15-11-5-2-4-10(8-11)13(14)16/h2,4-5,8-9,12,15H,3,6-7H2,1H3,(H2,14,16). The van der Waals surface area contributed by atoms with Crippen LogP contribution >= 0.6 is 11.8 Å². The number of anilines is 1. The molecule has 1 aromatic carbocycles. The van der Waals surface area contributed by atoms with Gasteiger partial charge in [-0.2, -0.15) is 11.8 Å². The lowest BCUT2D eigenvalue weighted by Crippen LogP contribution is -2.32. The van der Waals surface area contributed by atoms with Gasteiger partial charge in [0.05, 0.1) is 0 Å². The van der Waals surface area contributed by atoms with E-state index in [0.717, 1.165) is 5.69 Å². The fourth-order valence-electron chi connectivity index (χ4n) is 2.09. The van der Waals surface area contributed by atoms with E-state index in [0.29, 0.717) is 16.9 Å². The highest BCUT2D eigenvalue weighted by molar-refractivity contribution is 8.00. The van der Waals surface area contributed by atoms with E-state index in [9.17, 15) is 4.79 Å². The lowest BCUT2D eigenvalue weighted by atomic mass is 10.1. The van der Waals surface area contributed by atoms with E-state index in [1.807, 2.05) is 30.0 Å². The predicted octanol–water partition coefficient (Wildman–Crippen LogP) is 2.48. The van der Waals surface area contributed by atoms with Gasteiger partial charge < -0.3 is 11.1 Å². The van der Waals surface area contributed by atoms with Crippen molar-refractivity contribution in [2.75, 3.05) is 11.1 Å². The number of thioether (sulfide) groups is 1. The molecule has 0 aromatic heterocycles. The van der Waals surface area contributed by atoms with Crippen LogP contribution < -0.4 is 11.1 Å². The maximum Gasteiger partial charge on any atom is 0.248 e. The van der Waals surface area contributed by atoms with Gasteiger partial charge in [0.15, 0.2) is 0 Å². The van der Waals surface area contributed by atoms with Crippen molar-refractivity contribution in [3.63, 3.8) is 0 Å². The normalized spacial score (nSPS) is 24.3. The summed E-state index contributed by atoms with van der Waals surface area (Å²) in [6.07, 6.45) is 2.44. The summed E-state index contributed by atoms with van der Waals surface area (Å²) >= 11 is 2.00. The van der Waals surface area contributed by atoms with Gasteiger partial charge in [-0.1, -0.05) is 13.0 Å². The van der Waals surface area contributed by atoms with Crippen molar-refractivity contribution >= 4 is 23.4 Å². The molecule has 1 saturated heterocycles. The van der Waals surface area contributed by atoms with Crippen LogP contribution in [-0.2, 0) is 0 Å². The third kappa shape index (κ3) is 3.16. The number of amides is 1. The Bertz CT molecular complexity index is 408. The van der Waals surface area contributed by atoms with Crippen LogP contribution in [0.2, 0.25) is 0 Å². The first-order valence-electron chi connectivity index (χ1n) is 5.95. The third-order valence-corrected chi connectivity index (χ3v) is 4.48. The fraction of sp³-hybridized carbons (Fsp3) is 0.462. The van der Waals surface area contributed by atoms with Crippen molar-refractivity contribution in [1.29, 1.82) is 0 Å². The summed E-state index contributed by atoms with van der Waals surface area (Å²) in [7, 11) is 0. The number of benzene rings is 1. The van der Waals surface area contributed by atoms with Crippen LogP contribution in [0.15, 0.2) is 24.3 Å². The minimum atomic E-state index is -0.375. The Balaban J connectivity index is 2.07. The van der Waals surface area contributed by atoms with Crippen molar-refractivity contribution < 1.29 is 4.79 Å². The molecule has 0 bridgehead atoms. The zero-order valence-corrected chi connectivity index (χ0v) is 10.8. The number of rotatable bonds is 3. The SMILES string of the molecule is CC1SCCCC1Nc1cccc(C(N)=O)c1. The molecule has 1 aliphatic heterocycles. The number of carbonyl (C=O) groups excluding carboxylic acids is 1. The topological polar surface area (TPSA) is 55.1 Å². The monoisotopic (exact) mass is 250 g/mol. The number of hydrogen-bond acceptors (Lipinski definition) is 3. The molecule has 3 nitrogen and oxygen atoms in total. The molecular formula is C13H18N2OS. The second-order valence-corrected chi connectivity index (χ2v) is 5.90. The second-order valence-electron chi connectivity index (χ2n) is 4.41. The molecule has 1 amide bonds. The third-order valence-electron chi connectivity index (χ3n) is 3.11. The van der Waals surface area contributed by atoms with Gasteiger partial charge in [0.1, 0.15) is 0 Å². The van der Waals surface area contributed by atoms with E-state index < -0.39 is 0 Å². The van der Waals surface area contributed by atoms with E-state index in [1.54, 1.807) is 6.07 Å². The van der Waals surface area contributed by atoms with E-state index in [1.165, 1.54) is 18.6 Å². The van der Waals surface area contributed by atoms with Gasteiger partial charge >= 0.3 is 0 Å². The lowest BCUT2D eigenvalue weighted by molar-refractivity contribution is 0.100. The molecule has 0 radical (unpaired) electrons. The molecule has 0 aliphatic carbocycles. The first-order valence-corrected chi connectivity index (χ1v) is 6.99. The first kappa shape index (κ1) is 12.3.